The average molecular weight is 249 g/mol. The lowest BCUT2D eigenvalue weighted by Gasteiger charge is -2.23. The van der Waals surface area contributed by atoms with Gasteiger partial charge < -0.3 is 10.1 Å². The predicted molar refractivity (Wildman–Crippen MR) is 61.0 cm³/mol. The summed E-state index contributed by atoms with van der Waals surface area (Å²) in [5.41, 5.74) is -0.674. The molecule has 1 aliphatic heterocycles. The van der Waals surface area contributed by atoms with Gasteiger partial charge in [-0.25, -0.2) is 13.2 Å². The number of ether oxygens (including phenoxy) is 1. The molecule has 1 amide bonds. The smallest absolute Gasteiger partial charge is 0.407 e. The van der Waals surface area contributed by atoms with Crippen molar-refractivity contribution in [3.05, 3.63) is 0 Å². The minimum atomic E-state index is -3.00. The van der Waals surface area contributed by atoms with E-state index in [0.29, 0.717) is 13.0 Å². The van der Waals surface area contributed by atoms with Crippen molar-refractivity contribution in [2.45, 2.75) is 32.7 Å². The third-order valence-corrected chi connectivity index (χ3v) is 4.36. The predicted octanol–water partition coefficient (Wildman–Crippen LogP) is 0.946. The first-order chi connectivity index (χ1) is 7.22. The normalized spacial score (nSPS) is 28.0. The summed E-state index contributed by atoms with van der Waals surface area (Å²) >= 11 is 0. The van der Waals surface area contributed by atoms with Gasteiger partial charge >= 0.3 is 6.09 Å². The van der Waals surface area contributed by atoms with Crippen molar-refractivity contribution >= 4 is 15.9 Å². The Hall–Kier alpha value is -0.780. The molecule has 6 heteroatoms. The van der Waals surface area contributed by atoms with Crippen LogP contribution in [0.15, 0.2) is 0 Å². The molecule has 0 spiro atoms. The van der Waals surface area contributed by atoms with Crippen molar-refractivity contribution in [3.8, 4) is 0 Å². The summed E-state index contributed by atoms with van der Waals surface area (Å²) in [5.74, 6) is 0.399. The molecule has 0 unspecified atom stereocenters. The Labute approximate surface area is 96.5 Å². The zero-order chi connectivity index (χ0) is 12.4. The number of carbonyl (C=O) groups excluding carboxylic acids is 1. The molecule has 5 nitrogen and oxygen atoms in total. The van der Waals surface area contributed by atoms with Crippen LogP contribution in [-0.4, -0.2) is 38.2 Å². The highest BCUT2D eigenvalue weighted by molar-refractivity contribution is 7.91. The molecule has 16 heavy (non-hydrogen) atoms. The van der Waals surface area contributed by atoms with E-state index in [0.717, 1.165) is 0 Å². The Morgan fingerprint density at radius 1 is 1.50 bits per heavy atom. The van der Waals surface area contributed by atoms with E-state index in [2.05, 4.69) is 5.32 Å². The minimum Gasteiger partial charge on any atom is -0.449 e. The van der Waals surface area contributed by atoms with Gasteiger partial charge in [0.05, 0.1) is 23.7 Å². The van der Waals surface area contributed by atoms with Crippen molar-refractivity contribution in [2.75, 3.05) is 18.1 Å². The molecule has 1 aliphatic rings. The highest BCUT2D eigenvalue weighted by Crippen LogP contribution is 2.22. The summed E-state index contributed by atoms with van der Waals surface area (Å²) in [5, 5.41) is 2.63. The van der Waals surface area contributed by atoms with Gasteiger partial charge in [0.2, 0.25) is 0 Å². The topological polar surface area (TPSA) is 72.5 Å². The Balaban J connectivity index is 2.45. The van der Waals surface area contributed by atoms with E-state index in [9.17, 15) is 13.2 Å². The van der Waals surface area contributed by atoms with Gasteiger partial charge in [-0.05, 0) is 19.3 Å². The zero-order valence-corrected chi connectivity index (χ0v) is 10.8. The van der Waals surface area contributed by atoms with Gasteiger partial charge in [-0.15, -0.1) is 0 Å². The number of nitrogens with one attached hydrogen (secondary N) is 1. The molecule has 0 aliphatic carbocycles. The summed E-state index contributed by atoms with van der Waals surface area (Å²) in [7, 11) is -3.00. The largest absolute Gasteiger partial charge is 0.449 e. The standard InChI is InChI=1S/C10H19NO4S/c1-8(2)6-15-9(12)11-10(3)4-5-16(13,14)7-10/h8H,4-7H2,1-3H3,(H,11,12)/t10-/m1/s1. The molecule has 1 atom stereocenters. The Kier molecular flexibility index (Phi) is 3.83. The second-order valence-corrected chi connectivity index (χ2v) is 7.20. The third-order valence-electron chi connectivity index (χ3n) is 2.45. The molecule has 1 fully saturated rings. The second-order valence-electron chi connectivity index (χ2n) is 5.02. The highest BCUT2D eigenvalue weighted by atomic mass is 32.2. The molecule has 0 aromatic rings. The number of hydrogen-bond donors (Lipinski definition) is 1. The quantitative estimate of drug-likeness (QED) is 0.808. The summed E-state index contributed by atoms with van der Waals surface area (Å²) < 4.78 is 27.6. The Morgan fingerprint density at radius 2 is 2.12 bits per heavy atom. The maximum atomic E-state index is 11.4. The second kappa shape index (κ2) is 4.61. The fourth-order valence-electron chi connectivity index (χ4n) is 1.63. The summed E-state index contributed by atoms with van der Waals surface area (Å²) in [6, 6.07) is 0. The first kappa shape index (κ1) is 13.3. The molecule has 1 heterocycles. The zero-order valence-electron chi connectivity index (χ0n) is 9.95. The van der Waals surface area contributed by atoms with Crippen molar-refractivity contribution < 1.29 is 17.9 Å². The maximum Gasteiger partial charge on any atom is 0.407 e. The molecule has 94 valence electrons. The van der Waals surface area contributed by atoms with Gasteiger partial charge in [0.25, 0.3) is 0 Å². The van der Waals surface area contributed by atoms with Crippen molar-refractivity contribution in [1.29, 1.82) is 0 Å². The molecular weight excluding hydrogens is 230 g/mol. The molecule has 0 aromatic carbocycles. The summed E-state index contributed by atoms with van der Waals surface area (Å²) in [6.45, 7) is 5.95. The fourth-order valence-corrected chi connectivity index (χ4v) is 3.73. The number of hydrogen-bond acceptors (Lipinski definition) is 4. The van der Waals surface area contributed by atoms with Crippen LogP contribution in [0.1, 0.15) is 27.2 Å². The number of sulfone groups is 1. The van der Waals surface area contributed by atoms with E-state index >= 15 is 0 Å². The van der Waals surface area contributed by atoms with Gasteiger partial charge in [-0.2, -0.15) is 0 Å². The molecule has 1 saturated heterocycles. The molecule has 1 N–H and O–H groups in total. The van der Waals surface area contributed by atoms with E-state index < -0.39 is 21.5 Å². The number of carbonyl (C=O) groups is 1. The third kappa shape index (κ3) is 4.00. The van der Waals surface area contributed by atoms with E-state index in [1.165, 1.54) is 0 Å². The van der Waals surface area contributed by atoms with E-state index in [4.69, 9.17) is 4.74 Å². The molecule has 0 aromatic heterocycles. The maximum absolute atomic E-state index is 11.4. The van der Waals surface area contributed by atoms with E-state index in [-0.39, 0.29) is 17.4 Å². The first-order valence-electron chi connectivity index (χ1n) is 5.38. The van der Waals surface area contributed by atoms with Crippen LogP contribution in [0.2, 0.25) is 0 Å². The van der Waals surface area contributed by atoms with Crippen LogP contribution in [-0.2, 0) is 14.6 Å². The Bertz CT molecular complexity index is 363. The Morgan fingerprint density at radius 3 is 2.56 bits per heavy atom. The molecular formula is C10H19NO4S. The lowest BCUT2D eigenvalue weighted by Crippen LogP contribution is -2.47. The van der Waals surface area contributed by atoms with Crippen LogP contribution in [0.5, 0.6) is 0 Å². The van der Waals surface area contributed by atoms with Crippen LogP contribution in [0.4, 0.5) is 4.79 Å². The van der Waals surface area contributed by atoms with E-state index in [1.54, 1.807) is 6.92 Å². The van der Waals surface area contributed by atoms with Crippen LogP contribution in [0.25, 0.3) is 0 Å². The number of alkyl carbamates (subject to hydrolysis) is 1. The number of amides is 1. The minimum absolute atomic E-state index is 0.00320. The van der Waals surface area contributed by atoms with Crippen molar-refractivity contribution in [3.63, 3.8) is 0 Å². The van der Waals surface area contributed by atoms with Crippen molar-refractivity contribution in [1.82, 2.24) is 5.32 Å². The summed E-state index contributed by atoms with van der Waals surface area (Å²) in [4.78, 5) is 11.4. The summed E-state index contributed by atoms with van der Waals surface area (Å²) in [6.07, 6.45) is -0.0835. The first-order valence-corrected chi connectivity index (χ1v) is 7.20. The van der Waals surface area contributed by atoms with Gasteiger partial charge in [0, 0.05) is 0 Å². The van der Waals surface area contributed by atoms with Gasteiger partial charge in [-0.3, -0.25) is 0 Å². The van der Waals surface area contributed by atoms with Crippen molar-refractivity contribution in [2.24, 2.45) is 5.92 Å². The lowest BCUT2D eigenvalue weighted by molar-refractivity contribution is 0.124. The lowest BCUT2D eigenvalue weighted by atomic mass is 10.0. The monoisotopic (exact) mass is 249 g/mol. The fraction of sp³-hybridized carbons (Fsp3) is 0.900. The van der Waals surface area contributed by atoms with Crippen LogP contribution >= 0.6 is 0 Å². The van der Waals surface area contributed by atoms with Crippen LogP contribution < -0.4 is 5.32 Å². The van der Waals surface area contributed by atoms with Gasteiger partial charge in [-0.1, -0.05) is 13.8 Å². The van der Waals surface area contributed by atoms with Gasteiger partial charge in [0.1, 0.15) is 0 Å². The van der Waals surface area contributed by atoms with Gasteiger partial charge in [0.15, 0.2) is 9.84 Å². The molecule has 0 bridgehead atoms. The molecule has 1 rings (SSSR count). The van der Waals surface area contributed by atoms with E-state index in [1.807, 2.05) is 13.8 Å². The number of rotatable bonds is 3. The average Bonchev–Trinajstić information content (AvgIpc) is 2.37. The SMILES string of the molecule is CC(C)COC(=O)N[C@]1(C)CCS(=O)(=O)C1. The molecule has 0 saturated carbocycles. The van der Waals surface area contributed by atoms with Crippen LogP contribution in [0, 0.1) is 5.92 Å². The van der Waals surface area contributed by atoms with Crippen LogP contribution in [0.3, 0.4) is 0 Å². The molecule has 0 radical (unpaired) electrons. The highest BCUT2D eigenvalue weighted by Gasteiger charge is 2.39.